The second-order valence-electron chi connectivity index (χ2n) is 5.35. The van der Waals surface area contributed by atoms with Crippen LogP contribution >= 0.6 is 0 Å². The SMILES string of the molecule is CC(C)(O)Cc1ccc(N2CCCC2)cc1. The second-order valence-corrected chi connectivity index (χ2v) is 5.35. The van der Waals surface area contributed by atoms with E-state index in [0.717, 1.165) is 0 Å². The molecule has 0 spiro atoms. The number of hydrogen-bond donors (Lipinski definition) is 1. The summed E-state index contributed by atoms with van der Waals surface area (Å²) in [6.07, 6.45) is 3.34. The summed E-state index contributed by atoms with van der Waals surface area (Å²) in [6, 6.07) is 8.61. The van der Waals surface area contributed by atoms with E-state index in [2.05, 4.69) is 29.2 Å². The molecule has 1 N–H and O–H groups in total. The van der Waals surface area contributed by atoms with Crippen LogP contribution in [0.1, 0.15) is 32.3 Å². The van der Waals surface area contributed by atoms with Crippen molar-refractivity contribution in [1.29, 1.82) is 0 Å². The summed E-state index contributed by atoms with van der Waals surface area (Å²) >= 11 is 0. The Hall–Kier alpha value is -1.02. The number of hydrogen-bond acceptors (Lipinski definition) is 2. The van der Waals surface area contributed by atoms with Gasteiger partial charge in [-0.2, -0.15) is 0 Å². The highest BCUT2D eigenvalue weighted by Crippen LogP contribution is 2.21. The lowest BCUT2D eigenvalue weighted by molar-refractivity contribution is 0.0810. The molecule has 0 amide bonds. The summed E-state index contributed by atoms with van der Waals surface area (Å²) in [4.78, 5) is 2.42. The first-order valence-electron chi connectivity index (χ1n) is 6.11. The summed E-state index contributed by atoms with van der Waals surface area (Å²) in [5, 5.41) is 9.74. The van der Waals surface area contributed by atoms with Crippen LogP contribution in [0.5, 0.6) is 0 Å². The van der Waals surface area contributed by atoms with Gasteiger partial charge in [0, 0.05) is 25.2 Å². The smallest absolute Gasteiger partial charge is 0.0631 e. The van der Waals surface area contributed by atoms with Gasteiger partial charge in [0.1, 0.15) is 0 Å². The van der Waals surface area contributed by atoms with Gasteiger partial charge >= 0.3 is 0 Å². The molecule has 1 aromatic carbocycles. The monoisotopic (exact) mass is 219 g/mol. The molecule has 0 aromatic heterocycles. The van der Waals surface area contributed by atoms with Crippen LogP contribution in [0.4, 0.5) is 5.69 Å². The van der Waals surface area contributed by atoms with Crippen LogP contribution in [-0.4, -0.2) is 23.8 Å². The Morgan fingerprint density at radius 3 is 2.19 bits per heavy atom. The average Bonchev–Trinajstić information content (AvgIpc) is 2.69. The standard InChI is InChI=1S/C14H21NO/c1-14(2,16)11-12-5-7-13(8-6-12)15-9-3-4-10-15/h5-8,16H,3-4,9-11H2,1-2H3. The Morgan fingerprint density at radius 2 is 1.69 bits per heavy atom. The van der Waals surface area contributed by atoms with Crippen molar-refractivity contribution in [3.8, 4) is 0 Å². The van der Waals surface area contributed by atoms with Crippen molar-refractivity contribution in [2.75, 3.05) is 18.0 Å². The van der Waals surface area contributed by atoms with Crippen molar-refractivity contribution in [1.82, 2.24) is 0 Å². The van der Waals surface area contributed by atoms with E-state index < -0.39 is 5.60 Å². The van der Waals surface area contributed by atoms with E-state index in [1.165, 1.54) is 37.2 Å². The summed E-state index contributed by atoms with van der Waals surface area (Å²) in [6.45, 7) is 6.07. The molecule has 0 saturated carbocycles. The zero-order valence-corrected chi connectivity index (χ0v) is 10.2. The highest BCUT2D eigenvalue weighted by Gasteiger charge is 2.15. The van der Waals surface area contributed by atoms with E-state index in [4.69, 9.17) is 0 Å². The third-order valence-electron chi connectivity index (χ3n) is 3.04. The minimum Gasteiger partial charge on any atom is -0.390 e. The largest absolute Gasteiger partial charge is 0.390 e. The minimum absolute atomic E-state index is 0.616. The third-order valence-corrected chi connectivity index (χ3v) is 3.04. The Kier molecular flexibility index (Phi) is 3.20. The molecular formula is C14H21NO. The molecular weight excluding hydrogens is 198 g/mol. The highest BCUT2D eigenvalue weighted by molar-refractivity contribution is 5.48. The second kappa shape index (κ2) is 4.46. The molecule has 0 unspecified atom stereocenters. The fourth-order valence-corrected chi connectivity index (χ4v) is 2.30. The molecule has 0 atom stereocenters. The van der Waals surface area contributed by atoms with Crippen LogP contribution in [0.15, 0.2) is 24.3 Å². The predicted octanol–water partition coefficient (Wildman–Crippen LogP) is 2.60. The lowest BCUT2D eigenvalue weighted by Crippen LogP contribution is -2.22. The summed E-state index contributed by atoms with van der Waals surface area (Å²) in [7, 11) is 0. The highest BCUT2D eigenvalue weighted by atomic mass is 16.3. The molecule has 2 nitrogen and oxygen atoms in total. The Balaban J connectivity index is 2.04. The molecule has 0 bridgehead atoms. The summed E-state index contributed by atoms with van der Waals surface area (Å²) in [5.41, 5.74) is 1.90. The van der Waals surface area contributed by atoms with E-state index in [1.54, 1.807) is 0 Å². The topological polar surface area (TPSA) is 23.5 Å². The number of anilines is 1. The van der Waals surface area contributed by atoms with Crippen molar-refractivity contribution in [2.45, 2.75) is 38.7 Å². The van der Waals surface area contributed by atoms with Crippen LogP contribution in [0.3, 0.4) is 0 Å². The maximum absolute atomic E-state index is 9.74. The van der Waals surface area contributed by atoms with Crippen LogP contribution in [0.2, 0.25) is 0 Å². The van der Waals surface area contributed by atoms with Gasteiger partial charge in [-0.25, -0.2) is 0 Å². The molecule has 0 aliphatic carbocycles. The molecule has 2 rings (SSSR count). The molecule has 1 fully saturated rings. The number of rotatable bonds is 3. The van der Waals surface area contributed by atoms with Crippen molar-refractivity contribution in [3.63, 3.8) is 0 Å². The quantitative estimate of drug-likeness (QED) is 0.844. The number of aliphatic hydroxyl groups is 1. The van der Waals surface area contributed by atoms with E-state index >= 15 is 0 Å². The molecule has 1 aromatic rings. The van der Waals surface area contributed by atoms with E-state index in [1.807, 2.05) is 13.8 Å². The Bertz CT molecular complexity index is 331. The van der Waals surface area contributed by atoms with Crippen molar-refractivity contribution < 1.29 is 5.11 Å². The minimum atomic E-state index is -0.616. The van der Waals surface area contributed by atoms with E-state index in [0.29, 0.717) is 6.42 Å². The van der Waals surface area contributed by atoms with Gasteiger partial charge in [0.15, 0.2) is 0 Å². The molecule has 1 aliphatic rings. The number of benzene rings is 1. The summed E-state index contributed by atoms with van der Waals surface area (Å²) < 4.78 is 0. The van der Waals surface area contributed by atoms with Crippen LogP contribution in [-0.2, 0) is 6.42 Å². The van der Waals surface area contributed by atoms with Gasteiger partial charge in [-0.05, 0) is 44.4 Å². The lowest BCUT2D eigenvalue weighted by atomic mass is 9.98. The zero-order chi connectivity index (χ0) is 11.6. The Morgan fingerprint density at radius 1 is 1.12 bits per heavy atom. The maximum Gasteiger partial charge on any atom is 0.0631 e. The fourth-order valence-electron chi connectivity index (χ4n) is 2.30. The first-order chi connectivity index (χ1) is 7.54. The maximum atomic E-state index is 9.74. The van der Waals surface area contributed by atoms with Crippen LogP contribution in [0.25, 0.3) is 0 Å². The number of nitrogens with zero attached hydrogens (tertiary/aromatic N) is 1. The molecule has 16 heavy (non-hydrogen) atoms. The van der Waals surface area contributed by atoms with Crippen molar-refractivity contribution in [3.05, 3.63) is 29.8 Å². The van der Waals surface area contributed by atoms with Gasteiger partial charge in [0.2, 0.25) is 0 Å². The van der Waals surface area contributed by atoms with E-state index in [9.17, 15) is 5.11 Å². The third kappa shape index (κ3) is 2.99. The van der Waals surface area contributed by atoms with E-state index in [-0.39, 0.29) is 0 Å². The normalized spacial score (nSPS) is 16.8. The first kappa shape index (κ1) is 11.5. The van der Waals surface area contributed by atoms with Crippen molar-refractivity contribution in [2.24, 2.45) is 0 Å². The molecule has 1 heterocycles. The van der Waals surface area contributed by atoms with Gasteiger partial charge in [-0.3, -0.25) is 0 Å². The first-order valence-corrected chi connectivity index (χ1v) is 6.11. The Labute approximate surface area is 97.9 Å². The van der Waals surface area contributed by atoms with Crippen LogP contribution in [0, 0.1) is 0 Å². The van der Waals surface area contributed by atoms with Crippen molar-refractivity contribution >= 4 is 5.69 Å². The molecule has 1 aliphatic heterocycles. The average molecular weight is 219 g/mol. The fraction of sp³-hybridized carbons (Fsp3) is 0.571. The van der Waals surface area contributed by atoms with Gasteiger partial charge in [0.05, 0.1) is 5.60 Å². The van der Waals surface area contributed by atoms with Gasteiger partial charge < -0.3 is 10.0 Å². The summed E-state index contributed by atoms with van der Waals surface area (Å²) in [5.74, 6) is 0. The molecule has 88 valence electrons. The molecule has 0 radical (unpaired) electrons. The van der Waals surface area contributed by atoms with Gasteiger partial charge in [0.25, 0.3) is 0 Å². The van der Waals surface area contributed by atoms with Gasteiger partial charge in [-0.1, -0.05) is 12.1 Å². The van der Waals surface area contributed by atoms with Gasteiger partial charge in [-0.15, -0.1) is 0 Å². The van der Waals surface area contributed by atoms with Crippen LogP contribution < -0.4 is 4.90 Å². The molecule has 2 heteroatoms. The predicted molar refractivity (Wildman–Crippen MR) is 67.9 cm³/mol. The molecule has 1 saturated heterocycles. The zero-order valence-electron chi connectivity index (χ0n) is 10.2. The lowest BCUT2D eigenvalue weighted by Gasteiger charge is -2.20.